The van der Waals surface area contributed by atoms with Crippen molar-refractivity contribution in [1.82, 2.24) is 14.8 Å². The van der Waals surface area contributed by atoms with Gasteiger partial charge in [-0.05, 0) is 40.8 Å². The van der Waals surface area contributed by atoms with E-state index < -0.39 is 0 Å². The molecule has 1 aliphatic rings. The molecule has 0 saturated carbocycles. The van der Waals surface area contributed by atoms with Crippen LogP contribution in [0.15, 0.2) is 78.2 Å². The maximum absolute atomic E-state index is 12.4. The molecule has 2 aromatic carbocycles. The van der Waals surface area contributed by atoms with Crippen molar-refractivity contribution < 1.29 is 4.79 Å². The van der Waals surface area contributed by atoms with Crippen LogP contribution in [-0.2, 0) is 0 Å². The van der Waals surface area contributed by atoms with Crippen LogP contribution in [0, 0.1) is 0 Å². The fraction of sp³-hybridized carbons (Fsp3) is 0.0455. The van der Waals surface area contributed by atoms with Gasteiger partial charge < -0.3 is 5.32 Å². The molecule has 0 saturated heterocycles. The largest absolute Gasteiger partial charge is 0.324 e. The molecule has 0 radical (unpaired) electrons. The minimum atomic E-state index is -0.227. The molecule has 0 bridgehead atoms. The van der Waals surface area contributed by atoms with Gasteiger partial charge in [0.15, 0.2) is 0 Å². The highest BCUT2D eigenvalue weighted by Crippen LogP contribution is 2.33. The average molecular weight is 434 g/mol. The van der Waals surface area contributed by atoms with Crippen molar-refractivity contribution in [2.45, 2.75) is 6.04 Å². The highest BCUT2D eigenvalue weighted by atomic mass is 35.5. The number of halogens is 1. The molecule has 30 heavy (non-hydrogen) atoms. The van der Waals surface area contributed by atoms with E-state index in [1.165, 1.54) is 11.3 Å². The standard InChI is InChI=1S/C22H16ClN5OS/c23-16-10-8-14(9-11-16)17-13-18(15-5-2-1-3-6-15)28-22(24-17)26-21(27-28)25-20(29)19-7-4-12-30-19/h1-13,18H,(H2,24,25,26,27,29)/t18-/m1/s1. The zero-order valence-electron chi connectivity index (χ0n) is 15.6. The number of carbonyl (C=O) groups excluding carboxylic acids is 1. The summed E-state index contributed by atoms with van der Waals surface area (Å²) in [5.74, 6) is 0.579. The Morgan fingerprint density at radius 3 is 2.60 bits per heavy atom. The lowest BCUT2D eigenvalue weighted by atomic mass is 10.0. The molecule has 6 nitrogen and oxygen atoms in total. The van der Waals surface area contributed by atoms with Crippen LogP contribution >= 0.6 is 22.9 Å². The Labute approximate surface area is 181 Å². The Hall–Kier alpha value is -3.42. The first-order valence-corrected chi connectivity index (χ1v) is 10.5. The Morgan fingerprint density at radius 1 is 1.07 bits per heavy atom. The van der Waals surface area contributed by atoms with Gasteiger partial charge in [-0.15, -0.1) is 16.4 Å². The predicted molar refractivity (Wildman–Crippen MR) is 120 cm³/mol. The van der Waals surface area contributed by atoms with E-state index in [0.717, 1.165) is 16.8 Å². The Balaban J connectivity index is 1.52. The van der Waals surface area contributed by atoms with E-state index in [0.29, 0.717) is 15.8 Å². The molecule has 0 unspecified atom stereocenters. The van der Waals surface area contributed by atoms with E-state index in [4.69, 9.17) is 11.6 Å². The molecule has 148 valence electrons. The molecule has 0 fully saturated rings. The van der Waals surface area contributed by atoms with E-state index in [2.05, 4.69) is 26.8 Å². The molecule has 4 aromatic rings. The summed E-state index contributed by atoms with van der Waals surface area (Å²) in [5, 5.41) is 13.2. The minimum absolute atomic E-state index is 0.173. The highest BCUT2D eigenvalue weighted by Gasteiger charge is 2.26. The van der Waals surface area contributed by atoms with Crippen LogP contribution in [0.4, 0.5) is 11.9 Å². The normalized spacial score (nSPS) is 15.1. The minimum Gasteiger partial charge on any atom is -0.324 e. The van der Waals surface area contributed by atoms with Crippen LogP contribution in [0.1, 0.15) is 26.8 Å². The summed E-state index contributed by atoms with van der Waals surface area (Å²) in [6.45, 7) is 0. The number of aromatic nitrogens is 3. The lowest BCUT2D eigenvalue weighted by Gasteiger charge is -2.24. The number of hydrogen-bond acceptors (Lipinski definition) is 5. The van der Waals surface area contributed by atoms with Crippen molar-refractivity contribution >= 4 is 46.4 Å². The predicted octanol–water partition coefficient (Wildman–Crippen LogP) is 5.30. The average Bonchev–Trinajstić information content (AvgIpc) is 3.44. The third kappa shape index (κ3) is 3.60. The zero-order valence-corrected chi connectivity index (χ0v) is 17.2. The fourth-order valence-electron chi connectivity index (χ4n) is 3.30. The first-order valence-electron chi connectivity index (χ1n) is 9.28. The molecule has 2 aromatic heterocycles. The van der Waals surface area contributed by atoms with E-state index in [1.807, 2.05) is 66.0 Å². The molecule has 2 N–H and O–H groups in total. The van der Waals surface area contributed by atoms with Gasteiger partial charge in [0, 0.05) is 10.7 Å². The molecule has 1 atom stereocenters. The fourth-order valence-corrected chi connectivity index (χ4v) is 4.05. The van der Waals surface area contributed by atoms with Gasteiger partial charge in [-0.2, -0.15) is 4.98 Å². The molecule has 8 heteroatoms. The smallest absolute Gasteiger partial charge is 0.268 e. The first-order chi connectivity index (χ1) is 14.7. The second kappa shape index (κ2) is 7.78. The lowest BCUT2D eigenvalue weighted by molar-refractivity contribution is 0.102. The molecular weight excluding hydrogens is 418 g/mol. The van der Waals surface area contributed by atoms with E-state index in [-0.39, 0.29) is 17.9 Å². The third-order valence-corrected chi connectivity index (χ3v) is 5.85. The lowest BCUT2D eigenvalue weighted by Crippen LogP contribution is -2.20. The number of amides is 1. The van der Waals surface area contributed by atoms with Crippen LogP contribution in [0.3, 0.4) is 0 Å². The van der Waals surface area contributed by atoms with Gasteiger partial charge in [0.25, 0.3) is 11.9 Å². The molecule has 0 aliphatic carbocycles. The molecule has 1 aliphatic heterocycles. The van der Waals surface area contributed by atoms with Gasteiger partial charge in [0.05, 0.1) is 4.88 Å². The number of fused-ring (bicyclic) bond motifs is 1. The second-order valence-corrected chi connectivity index (χ2v) is 8.09. The summed E-state index contributed by atoms with van der Waals surface area (Å²) in [6.07, 6.45) is 2.09. The summed E-state index contributed by atoms with van der Waals surface area (Å²) in [7, 11) is 0. The first kappa shape index (κ1) is 18.6. The third-order valence-electron chi connectivity index (χ3n) is 4.73. The summed E-state index contributed by atoms with van der Waals surface area (Å²) >= 11 is 7.41. The van der Waals surface area contributed by atoms with Crippen molar-refractivity contribution in [3.05, 3.63) is 99.2 Å². The number of anilines is 2. The van der Waals surface area contributed by atoms with E-state index >= 15 is 0 Å². The Morgan fingerprint density at radius 2 is 1.87 bits per heavy atom. The van der Waals surface area contributed by atoms with Gasteiger partial charge in [0.2, 0.25) is 5.95 Å². The van der Waals surface area contributed by atoms with Crippen molar-refractivity contribution in [2.75, 3.05) is 10.6 Å². The van der Waals surface area contributed by atoms with Crippen LogP contribution < -0.4 is 10.6 Å². The monoisotopic (exact) mass is 433 g/mol. The van der Waals surface area contributed by atoms with E-state index in [9.17, 15) is 4.79 Å². The van der Waals surface area contributed by atoms with Crippen LogP contribution in [0.5, 0.6) is 0 Å². The maximum Gasteiger partial charge on any atom is 0.268 e. The van der Waals surface area contributed by atoms with Crippen molar-refractivity contribution in [2.24, 2.45) is 0 Å². The summed E-state index contributed by atoms with van der Waals surface area (Å²) in [6, 6.07) is 21.1. The van der Waals surface area contributed by atoms with E-state index in [1.54, 1.807) is 10.7 Å². The summed E-state index contributed by atoms with van der Waals surface area (Å²) in [4.78, 5) is 17.5. The number of nitrogens with one attached hydrogen (secondary N) is 2. The summed E-state index contributed by atoms with van der Waals surface area (Å²) in [5.41, 5.74) is 2.95. The number of nitrogens with zero attached hydrogens (tertiary/aromatic N) is 3. The topological polar surface area (TPSA) is 71.8 Å². The van der Waals surface area contributed by atoms with Gasteiger partial charge in [0.1, 0.15) is 6.04 Å². The zero-order chi connectivity index (χ0) is 20.5. The molecule has 3 heterocycles. The van der Waals surface area contributed by atoms with Crippen LogP contribution in [0.2, 0.25) is 5.02 Å². The number of allylic oxidation sites excluding steroid dienone is 1. The van der Waals surface area contributed by atoms with Crippen LogP contribution in [-0.4, -0.2) is 20.7 Å². The number of hydrogen-bond donors (Lipinski definition) is 2. The number of thiophene rings is 1. The van der Waals surface area contributed by atoms with Gasteiger partial charge in [-0.25, -0.2) is 4.68 Å². The summed E-state index contributed by atoms with van der Waals surface area (Å²) < 4.78 is 1.78. The SMILES string of the molecule is O=C(Nc1nc2n(n1)[C@@H](c1ccccc1)C=C(c1ccc(Cl)cc1)N2)c1cccs1. The molecule has 0 spiro atoms. The van der Waals surface area contributed by atoms with Gasteiger partial charge in [-0.3, -0.25) is 10.1 Å². The number of benzene rings is 2. The number of rotatable bonds is 4. The Bertz CT molecular complexity index is 1220. The van der Waals surface area contributed by atoms with Crippen molar-refractivity contribution in [3.8, 4) is 0 Å². The van der Waals surface area contributed by atoms with Crippen molar-refractivity contribution in [3.63, 3.8) is 0 Å². The quantitative estimate of drug-likeness (QED) is 0.458. The molecule has 5 rings (SSSR count). The van der Waals surface area contributed by atoms with Gasteiger partial charge in [-0.1, -0.05) is 60.1 Å². The van der Waals surface area contributed by atoms with Crippen molar-refractivity contribution in [1.29, 1.82) is 0 Å². The van der Waals surface area contributed by atoms with Crippen LogP contribution in [0.25, 0.3) is 5.70 Å². The maximum atomic E-state index is 12.4. The number of carbonyl (C=O) groups is 1. The Kier molecular flexibility index (Phi) is 4.82. The highest BCUT2D eigenvalue weighted by molar-refractivity contribution is 7.12. The molecular formula is C22H16ClN5OS. The second-order valence-electron chi connectivity index (χ2n) is 6.70. The molecule has 1 amide bonds. The van der Waals surface area contributed by atoms with Gasteiger partial charge >= 0.3 is 0 Å².